The first-order chi connectivity index (χ1) is 12.4. The largest absolute Gasteiger partial charge is 0.504 e. The zero-order valence-electron chi connectivity index (χ0n) is 15.3. The molecule has 0 unspecified atom stereocenters. The highest BCUT2D eigenvalue weighted by molar-refractivity contribution is 5.62. The Bertz CT molecular complexity index is 807. The van der Waals surface area contributed by atoms with Crippen molar-refractivity contribution in [2.24, 2.45) is 5.92 Å². The van der Waals surface area contributed by atoms with Gasteiger partial charge in [0.2, 0.25) is 0 Å². The van der Waals surface area contributed by atoms with Crippen molar-refractivity contribution in [1.82, 2.24) is 0 Å². The van der Waals surface area contributed by atoms with Crippen molar-refractivity contribution in [1.29, 1.82) is 0 Å². The molecule has 3 aliphatic carbocycles. The second-order valence-electron chi connectivity index (χ2n) is 9.79. The van der Waals surface area contributed by atoms with E-state index >= 15 is 0 Å². The maximum absolute atomic E-state index is 12.2. The van der Waals surface area contributed by atoms with E-state index < -0.39 is 23.2 Å². The van der Waals surface area contributed by atoms with E-state index in [1.807, 2.05) is 6.07 Å². The standard InChI is InChI=1S/C21H27NO4/c1-22(11-12-2-3-12)9-8-20-17-13-4-5-14(23)18(17)26-19(20)15(24)6-7-21(20,25)16(22)10-13/h4-5,12,15-16,19,24-25H,2-3,6-11H2,1H3/p+1/t15-,16+,19+,20+,21-,22-/m1/s1. The SMILES string of the molecule is C[N@+]1(CC2CC2)CC[C@]23c4c5ccc(O)c4O[C@H]2[C@H](O)CC[C@@]3(O)[C@@H]1C5. The van der Waals surface area contributed by atoms with Crippen molar-refractivity contribution < 1.29 is 24.5 Å². The molecule has 1 aromatic rings. The van der Waals surface area contributed by atoms with Crippen LogP contribution in [-0.2, 0) is 11.8 Å². The Kier molecular flexibility index (Phi) is 2.76. The quantitative estimate of drug-likeness (QED) is 0.700. The number of likely N-dealkylation sites (tertiary alicyclic amines) is 1. The number of benzene rings is 1. The van der Waals surface area contributed by atoms with Gasteiger partial charge in [-0.2, -0.15) is 0 Å². The number of quaternary nitrogens is 1. The van der Waals surface area contributed by atoms with Crippen LogP contribution in [0.5, 0.6) is 11.5 Å². The number of aliphatic hydroxyl groups is 2. The number of rotatable bonds is 2. The molecular weight excluding hydrogens is 330 g/mol. The maximum Gasteiger partial charge on any atom is 0.165 e. The molecule has 1 aromatic carbocycles. The summed E-state index contributed by atoms with van der Waals surface area (Å²) in [6.45, 7) is 2.15. The van der Waals surface area contributed by atoms with Crippen LogP contribution in [0, 0.1) is 5.92 Å². The van der Waals surface area contributed by atoms with E-state index in [-0.39, 0.29) is 11.8 Å². The van der Waals surface area contributed by atoms with Crippen LogP contribution in [0.25, 0.3) is 0 Å². The fraction of sp³-hybridized carbons (Fsp3) is 0.714. The molecule has 6 atom stereocenters. The highest BCUT2D eigenvalue weighted by Crippen LogP contribution is 2.66. The van der Waals surface area contributed by atoms with Crippen molar-refractivity contribution >= 4 is 0 Å². The molecule has 1 spiro atoms. The molecule has 0 aromatic heterocycles. The minimum atomic E-state index is -0.870. The second-order valence-corrected chi connectivity index (χ2v) is 9.79. The first-order valence-corrected chi connectivity index (χ1v) is 10.2. The van der Waals surface area contributed by atoms with Crippen LogP contribution in [0.1, 0.15) is 43.2 Å². The van der Waals surface area contributed by atoms with Crippen molar-refractivity contribution in [2.45, 2.75) is 67.8 Å². The van der Waals surface area contributed by atoms with E-state index in [1.165, 1.54) is 18.4 Å². The van der Waals surface area contributed by atoms with Crippen LogP contribution in [0.4, 0.5) is 0 Å². The monoisotopic (exact) mass is 358 g/mol. The van der Waals surface area contributed by atoms with Gasteiger partial charge >= 0.3 is 0 Å². The fourth-order valence-corrected chi connectivity index (χ4v) is 7.13. The number of phenolic OH excluding ortho intramolecular Hbond substituents is 1. The summed E-state index contributed by atoms with van der Waals surface area (Å²) in [4.78, 5) is 0. The minimum Gasteiger partial charge on any atom is -0.504 e. The zero-order valence-corrected chi connectivity index (χ0v) is 15.3. The van der Waals surface area contributed by atoms with Gasteiger partial charge in [-0.05, 0) is 37.3 Å². The van der Waals surface area contributed by atoms with Gasteiger partial charge in [0.15, 0.2) is 11.5 Å². The first kappa shape index (κ1) is 15.7. The highest BCUT2D eigenvalue weighted by Gasteiger charge is 2.76. The third-order valence-corrected chi connectivity index (χ3v) is 8.45. The number of phenols is 1. The van der Waals surface area contributed by atoms with Gasteiger partial charge in [0, 0.05) is 24.3 Å². The Labute approximate surface area is 153 Å². The lowest BCUT2D eigenvalue weighted by Crippen LogP contribution is -2.81. The molecular formula is C21H28NO4+. The summed E-state index contributed by atoms with van der Waals surface area (Å²) in [5.41, 5.74) is 0.755. The average molecular weight is 358 g/mol. The average Bonchev–Trinajstić information content (AvgIpc) is 3.32. The van der Waals surface area contributed by atoms with Gasteiger partial charge in [-0.15, -0.1) is 0 Å². The first-order valence-electron chi connectivity index (χ1n) is 10.2. The van der Waals surface area contributed by atoms with Gasteiger partial charge in [0.25, 0.3) is 0 Å². The number of aromatic hydroxyl groups is 1. The van der Waals surface area contributed by atoms with E-state index in [4.69, 9.17) is 4.74 Å². The smallest absolute Gasteiger partial charge is 0.165 e. The second kappa shape index (κ2) is 4.57. The lowest BCUT2D eigenvalue weighted by molar-refractivity contribution is -0.950. The van der Waals surface area contributed by atoms with Crippen LogP contribution in [-0.4, -0.2) is 63.8 Å². The minimum absolute atomic E-state index is 0.137. The van der Waals surface area contributed by atoms with Gasteiger partial charge in [-0.1, -0.05) is 6.07 Å². The highest BCUT2D eigenvalue weighted by atomic mass is 16.5. The molecule has 2 bridgehead atoms. The Morgan fingerprint density at radius 2 is 2.04 bits per heavy atom. The molecule has 3 N–H and O–H groups in total. The van der Waals surface area contributed by atoms with Gasteiger partial charge in [0.05, 0.1) is 31.7 Å². The molecule has 2 heterocycles. The molecule has 5 nitrogen and oxygen atoms in total. The summed E-state index contributed by atoms with van der Waals surface area (Å²) >= 11 is 0. The van der Waals surface area contributed by atoms with Gasteiger partial charge < -0.3 is 24.5 Å². The van der Waals surface area contributed by atoms with Crippen molar-refractivity contribution in [3.8, 4) is 11.5 Å². The van der Waals surface area contributed by atoms with E-state index in [1.54, 1.807) is 6.07 Å². The summed E-state index contributed by atoms with van der Waals surface area (Å²) in [7, 11) is 2.33. The van der Waals surface area contributed by atoms with Crippen LogP contribution < -0.4 is 4.74 Å². The molecule has 2 aliphatic heterocycles. The lowest BCUT2D eigenvalue weighted by Gasteiger charge is -2.65. The summed E-state index contributed by atoms with van der Waals surface area (Å²) in [6.07, 6.45) is 4.44. The number of piperidine rings is 1. The molecule has 1 saturated heterocycles. The zero-order chi connectivity index (χ0) is 17.9. The van der Waals surface area contributed by atoms with Crippen molar-refractivity contribution in [2.75, 3.05) is 20.1 Å². The molecule has 3 fully saturated rings. The third kappa shape index (κ3) is 1.60. The van der Waals surface area contributed by atoms with Gasteiger partial charge in [0.1, 0.15) is 17.7 Å². The summed E-state index contributed by atoms with van der Waals surface area (Å²) < 4.78 is 7.11. The molecule has 0 amide bonds. The van der Waals surface area contributed by atoms with Crippen molar-refractivity contribution in [3.63, 3.8) is 0 Å². The number of ether oxygens (including phenoxy) is 1. The van der Waals surface area contributed by atoms with E-state index in [9.17, 15) is 15.3 Å². The molecule has 140 valence electrons. The maximum atomic E-state index is 12.2. The van der Waals surface area contributed by atoms with Crippen LogP contribution in [0.15, 0.2) is 12.1 Å². The van der Waals surface area contributed by atoms with Crippen LogP contribution in [0.2, 0.25) is 0 Å². The summed E-state index contributed by atoms with van der Waals surface area (Å²) in [5, 5.41) is 33.4. The predicted molar refractivity (Wildman–Crippen MR) is 95.1 cm³/mol. The number of hydrogen-bond acceptors (Lipinski definition) is 4. The van der Waals surface area contributed by atoms with Crippen LogP contribution in [0.3, 0.4) is 0 Å². The lowest BCUT2D eigenvalue weighted by atomic mass is 9.48. The van der Waals surface area contributed by atoms with E-state index in [0.717, 1.165) is 41.9 Å². The molecule has 5 heteroatoms. The molecule has 5 aliphatic rings. The van der Waals surface area contributed by atoms with Gasteiger partial charge in [-0.25, -0.2) is 0 Å². The number of likely N-dealkylation sites (N-methyl/N-ethyl adjacent to an activating group) is 1. The third-order valence-electron chi connectivity index (χ3n) is 8.45. The topological polar surface area (TPSA) is 69.9 Å². The van der Waals surface area contributed by atoms with Crippen LogP contribution >= 0.6 is 0 Å². The van der Waals surface area contributed by atoms with E-state index in [0.29, 0.717) is 18.6 Å². The Morgan fingerprint density at radius 3 is 2.81 bits per heavy atom. The summed E-state index contributed by atoms with van der Waals surface area (Å²) in [5.74, 6) is 1.46. The summed E-state index contributed by atoms with van der Waals surface area (Å²) in [6, 6.07) is 3.88. The Balaban J connectivity index is 1.59. The molecule has 26 heavy (non-hydrogen) atoms. The molecule has 6 rings (SSSR count). The molecule has 0 radical (unpaired) electrons. The van der Waals surface area contributed by atoms with Crippen molar-refractivity contribution in [3.05, 3.63) is 23.3 Å². The Hall–Kier alpha value is -1.30. The number of hydrogen-bond donors (Lipinski definition) is 3. The normalized spacial score (nSPS) is 48.0. The van der Waals surface area contributed by atoms with Gasteiger partial charge in [-0.3, -0.25) is 0 Å². The molecule has 2 saturated carbocycles. The van der Waals surface area contributed by atoms with E-state index in [2.05, 4.69) is 7.05 Å². The number of aliphatic hydroxyl groups excluding tert-OH is 1. The number of nitrogens with zero attached hydrogens (tertiary/aromatic N) is 1. The predicted octanol–water partition coefficient (Wildman–Crippen LogP) is 1.46. The Morgan fingerprint density at radius 1 is 1.23 bits per heavy atom. The fourth-order valence-electron chi connectivity index (χ4n) is 7.13.